The Hall–Kier alpha value is -2.23. The molecule has 0 saturated heterocycles. The van der Waals surface area contributed by atoms with Crippen LogP contribution in [0.15, 0.2) is 33.5 Å². The number of aromatic nitrogens is 2. The van der Waals surface area contributed by atoms with E-state index in [1.807, 2.05) is 38.1 Å². The zero-order chi connectivity index (χ0) is 16.6. The molecule has 0 spiro atoms. The van der Waals surface area contributed by atoms with Gasteiger partial charge in [0.1, 0.15) is 10.9 Å². The minimum Gasteiger partial charge on any atom is -0.305 e. The van der Waals surface area contributed by atoms with Crippen LogP contribution in [-0.4, -0.2) is 9.97 Å². The topological polar surface area (TPSA) is 69.5 Å². The van der Waals surface area contributed by atoms with Gasteiger partial charge in [-0.05, 0) is 37.1 Å². The quantitative estimate of drug-likeness (QED) is 0.663. The zero-order valence-corrected chi connectivity index (χ0v) is 14.9. The summed E-state index contributed by atoms with van der Waals surface area (Å²) >= 11 is 4.92. The lowest BCUT2D eigenvalue weighted by atomic mass is 10.1. The number of nitriles is 1. The van der Waals surface area contributed by atoms with E-state index in [2.05, 4.69) is 32.0 Å². The highest BCUT2D eigenvalue weighted by Gasteiger charge is 2.14. The van der Waals surface area contributed by atoms with Crippen LogP contribution in [0.2, 0.25) is 0 Å². The fourth-order valence-electron chi connectivity index (χ4n) is 2.28. The van der Waals surface area contributed by atoms with Crippen LogP contribution < -0.4 is 5.56 Å². The van der Waals surface area contributed by atoms with Crippen molar-refractivity contribution in [3.8, 4) is 6.07 Å². The molecule has 0 fully saturated rings. The summed E-state index contributed by atoms with van der Waals surface area (Å²) in [7, 11) is 0. The average Bonchev–Trinajstić information content (AvgIpc) is 2.81. The smallest absolute Gasteiger partial charge is 0.260 e. The number of fused-ring (bicyclic) bond motifs is 1. The van der Waals surface area contributed by atoms with Gasteiger partial charge in [-0.2, -0.15) is 5.26 Å². The highest BCUT2D eigenvalue weighted by Crippen LogP contribution is 2.27. The Labute approximate surface area is 145 Å². The van der Waals surface area contributed by atoms with Gasteiger partial charge in [-0.3, -0.25) is 4.79 Å². The van der Waals surface area contributed by atoms with Crippen LogP contribution >= 0.6 is 27.3 Å². The molecule has 3 rings (SSSR count). The van der Waals surface area contributed by atoms with Gasteiger partial charge in [0.2, 0.25) is 0 Å². The van der Waals surface area contributed by atoms with Crippen molar-refractivity contribution in [1.29, 1.82) is 5.26 Å². The number of allylic oxidation sites excluding steroid dienone is 1. The summed E-state index contributed by atoms with van der Waals surface area (Å²) in [4.78, 5) is 21.3. The van der Waals surface area contributed by atoms with E-state index < -0.39 is 0 Å². The fraction of sp³-hybridized carbons (Fsp3) is 0.118. The first-order valence-corrected chi connectivity index (χ1v) is 8.49. The van der Waals surface area contributed by atoms with Gasteiger partial charge in [-0.25, -0.2) is 4.98 Å². The molecule has 2 aromatic heterocycles. The van der Waals surface area contributed by atoms with E-state index in [4.69, 9.17) is 0 Å². The van der Waals surface area contributed by atoms with Crippen molar-refractivity contribution in [3.63, 3.8) is 0 Å². The van der Waals surface area contributed by atoms with Crippen LogP contribution in [0.4, 0.5) is 0 Å². The number of hydrogen-bond donors (Lipinski definition) is 1. The Balaban J connectivity index is 2.20. The Morgan fingerprint density at radius 1 is 1.39 bits per heavy atom. The second kappa shape index (κ2) is 6.11. The summed E-state index contributed by atoms with van der Waals surface area (Å²) in [5.41, 5.74) is 1.91. The zero-order valence-electron chi connectivity index (χ0n) is 12.5. The van der Waals surface area contributed by atoms with Gasteiger partial charge >= 0.3 is 0 Å². The van der Waals surface area contributed by atoms with Crippen molar-refractivity contribution in [1.82, 2.24) is 9.97 Å². The van der Waals surface area contributed by atoms with Gasteiger partial charge in [0.25, 0.3) is 5.56 Å². The average molecular weight is 386 g/mol. The van der Waals surface area contributed by atoms with Gasteiger partial charge in [0.05, 0.1) is 11.0 Å². The number of aromatic amines is 1. The highest BCUT2D eigenvalue weighted by atomic mass is 79.9. The minimum atomic E-state index is -0.208. The molecule has 0 atom stereocenters. The maximum Gasteiger partial charge on any atom is 0.260 e. The standard InChI is InChI=1S/C17H12BrN3OS/c1-9-10(2)23-17-14(9)16(22)20-15(21-17)12(8-19)7-11-5-3-4-6-13(11)18/h3-7H,1-2H3,(H,20,21,22)/b12-7+. The summed E-state index contributed by atoms with van der Waals surface area (Å²) in [6.07, 6.45) is 1.71. The van der Waals surface area contributed by atoms with E-state index in [0.717, 1.165) is 20.5 Å². The molecule has 3 aromatic rings. The summed E-state index contributed by atoms with van der Waals surface area (Å²) < 4.78 is 0.874. The van der Waals surface area contributed by atoms with Gasteiger partial charge in [0.15, 0.2) is 5.82 Å². The maximum atomic E-state index is 12.3. The molecule has 4 nitrogen and oxygen atoms in total. The highest BCUT2D eigenvalue weighted by molar-refractivity contribution is 9.10. The largest absolute Gasteiger partial charge is 0.305 e. The number of nitrogens with one attached hydrogen (secondary N) is 1. The summed E-state index contributed by atoms with van der Waals surface area (Å²) in [6, 6.07) is 9.69. The number of rotatable bonds is 2. The lowest BCUT2D eigenvalue weighted by molar-refractivity contribution is 1.13. The molecule has 0 bridgehead atoms. The Bertz CT molecular complexity index is 1040. The van der Waals surface area contributed by atoms with Gasteiger partial charge in [-0.15, -0.1) is 11.3 Å². The van der Waals surface area contributed by atoms with Crippen LogP contribution in [-0.2, 0) is 0 Å². The fourth-order valence-corrected chi connectivity index (χ4v) is 3.71. The normalized spacial score (nSPS) is 11.7. The molecular weight excluding hydrogens is 374 g/mol. The third-order valence-electron chi connectivity index (χ3n) is 3.62. The van der Waals surface area contributed by atoms with Crippen molar-refractivity contribution >= 4 is 49.1 Å². The number of hydrogen-bond acceptors (Lipinski definition) is 4. The Kier molecular flexibility index (Phi) is 4.16. The molecule has 114 valence electrons. The van der Waals surface area contributed by atoms with Crippen LogP contribution in [0, 0.1) is 25.2 Å². The van der Waals surface area contributed by atoms with Gasteiger partial charge < -0.3 is 4.98 Å². The molecule has 0 saturated carbocycles. The molecule has 0 unspecified atom stereocenters. The lowest BCUT2D eigenvalue weighted by Gasteiger charge is -2.01. The first-order chi connectivity index (χ1) is 11.0. The van der Waals surface area contributed by atoms with E-state index in [9.17, 15) is 10.1 Å². The molecule has 0 amide bonds. The van der Waals surface area contributed by atoms with E-state index >= 15 is 0 Å². The van der Waals surface area contributed by atoms with E-state index in [1.165, 1.54) is 11.3 Å². The van der Waals surface area contributed by atoms with Crippen molar-refractivity contribution in [2.75, 3.05) is 0 Å². The molecule has 0 aliphatic rings. The number of H-pyrrole nitrogens is 1. The molecule has 2 heterocycles. The maximum absolute atomic E-state index is 12.3. The first-order valence-electron chi connectivity index (χ1n) is 6.88. The number of thiophene rings is 1. The minimum absolute atomic E-state index is 0.208. The number of nitrogens with zero attached hydrogens (tertiary/aromatic N) is 2. The third-order valence-corrected chi connectivity index (χ3v) is 5.44. The van der Waals surface area contributed by atoms with E-state index in [0.29, 0.717) is 21.6 Å². The van der Waals surface area contributed by atoms with Crippen molar-refractivity contribution < 1.29 is 0 Å². The Morgan fingerprint density at radius 2 is 2.13 bits per heavy atom. The van der Waals surface area contributed by atoms with Crippen molar-refractivity contribution in [2.45, 2.75) is 13.8 Å². The van der Waals surface area contributed by atoms with Gasteiger partial charge in [0, 0.05) is 9.35 Å². The molecule has 0 aliphatic heterocycles. The molecule has 6 heteroatoms. The number of aryl methyl sites for hydroxylation is 2. The van der Waals surface area contributed by atoms with Crippen LogP contribution in [0.25, 0.3) is 21.9 Å². The van der Waals surface area contributed by atoms with Gasteiger partial charge in [-0.1, -0.05) is 34.1 Å². The second-order valence-corrected chi connectivity index (χ2v) is 7.13. The first kappa shape index (κ1) is 15.7. The summed E-state index contributed by atoms with van der Waals surface area (Å²) in [5.74, 6) is 0.294. The van der Waals surface area contributed by atoms with Crippen molar-refractivity contribution in [2.24, 2.45) is 0 Å². The molecule has 0 radical (unpaired) electrons. The van der Waals surface area contributed by atoms with Crippen LogP contribution in [0.5, 0.6) is 0 Å². The second-order valence-electron chi connectivity index (χ2n) is 5.07. The molecule has 1 aromatic carbocycles. The van der Waals surface area contributed by atoms with Crippen LogP contribution in [0.3, 0.4) is 0 Å². The van der Waals surface area contributed by atoms with Crippen LogP contribution in [0.1, 0.15) is 21.8 Å². The monoisotopic (exact) mass is 385 g/mol. The molecule has 1 N–H and O–H groups in total. The third kappa shape index (κ3) is 2.85. The number of benzene rings is 1. The molecular formula is C17H12BrN3OS. The number of halogens is 1. The predicted octanol–water partition coefficient (Wildman–Crippen LogP) is 4.43. The van der Waals surface area contributed by atoms with Crippen molar-refractivity contribution in [3.05, 3.63) is 60.9 Å². The Morgan fingerprint density at radius 3 is 2.83 bits per heavy atom. The molecule has 23 heavy (non-hydrogen) atoms. The predicted molar refractivity (Wildman–Crippen MR) is 97.3 cm³/mol. The summed E-state index contributed by atoms with van der Waals surface area (Å²) in [5, 5.41) is 10.1. The lowest BCUT2D eigenvalue weighted by Crippen LogP contribution is -2.10. The van der Waals surface area contributed by atoms with E-state index in [-0.39, 0.29) is 5.56 Å². The van der Waals surface area contributed by atoms with E-state index in [1.54, 1.807) is 6.08 Å². The SMILES string of the molecule is Cc1sc2nc(/C(C#N)=C/c3ccccc3Br)[nH]c(=O)c2c1C. The summed E-state index contributed by atoms with van der Waals surface area (Å²) in [6.45, 7) is 3.87. The molecule has 0 aliphatic carbocycles.